The average Bonchev–Trinajstić information content (AvgIpc) is 2.97. The molecular formula is C23H28N2O2S. The van der Waals surface area contributed by atoms with E-state index in [0.29, 0.717) is 18.4 Å². The largest absolute Gasteiger partial charge is 0.326 e. The van der Waals surface area contributed by atoms with Gasteiger partial charge in [-0.3, -0.25) is 9.59 Å². The molecule has 4 nitrogen and oxygen atoms in total. The molecule has 0 unspecified atom stereocenters. The smallest absolute Gasteiger partial charge is 0.307 e. The summed E-state index contributed by atoms with van der Waals surface area (Å²) in [5.74, 6) is 2.78. The van der Waals surface area contributed by atoms with Gasteiger partial charge in [-0.1, -0.05) is 23.5 Å². The average molecular weight is 397 g/mol. The topological polar surface area (TPSA) is 51.1 Å². The van der Waals surface area contributed by atoms with Gasteiger partial charge in [-0.2, -0.15) is 0 Å². The molecule has 4 aliphatic carbocycles. The van der Waals surface area contributed by atoms with Gasteiger partial charge in [0.1, 0.15) is 0 Å². The lowest BCUT2D eigenvalue weighted by Crippen LogP contribution is -2.48. The van der Waals surface area contributed by atoms with Crippen LogP contribution in [0.15, 0.2) is 34.4 Å². The summed E-state index contributed by atoms with van der Waals surface area (Å²) in [6, 6.07) is 8.62. The Bertz CT molecular complexity index is 905. The number of aryl methyl sites for hydroxylation is 1. The molecule has 6 rings (SSSR count). The molecule has 148 valence electrons. The van der Waals surface area contributed by atoms with E-state index in [4.69, 9.17) is 0 Å². The number of nitrogens with one attached hydrogen (secondary N) is 1. The first-order valence-corrected chi connectivity index (χ1v) is 11.4. The highest BCUT2D eigenvalue weighted by Gasteiger charge is 2.51. The number of rotatable bonds is 5. The SMILES string of the molecule is Cc1csc(=O)n1CCC(=O)Nc1ccc(C23CC4CC(CC(C4)C2)C3)cc1. The Labute approximate surface area is 170 Å². The molecule has 0 radical (unpaired) electrons. The fourth-order valence-corrected chi connectivity index (χ4v) is 7.24. The van der Waals surface area contributed by atoms with Crippen LogP contribution in [0.25, 0.3) is 0 Å². The van der Waals surface area contributed by atoms with Crippen molar-refractivity contribution in [3.63, 3.8) is 0 Å². The van der Waals surface area contributed by atoms with Gasteiger partial charge < -0.3 is 9.88 Å². The standard InChI is InChI=1S/C23H28N2O2S/c1-15-14-28-22(27)25(15)7-6-21(26)24-20-4-2-19(3-5-20)23-11-16-8-17(12-23)10-18(9-16)13-23/h2-5,14,16-18H,6-13H2,1H3,(H,24,26). The van der Waals surface area contributed by atoms with Crippen LogP contribution in [0.2, 0.25) is 0 Å². The van der Waals surface area contributed by atoms with Gasteiger partial charge in [0.2, 0.25) is 5.91 Å². The van der Waals surface area contributed by atoms with E-state index >= 15 is 0 Å². The number of hydrogen-bond acceptors (Lipinski definition) is 3. The molecule has 1 aromatic carbocycles. The Balaban J connectivity index is 1.23. The maximum absolute atomic E-state index is 12.3. The molecule has 4 fully saturated rings. The maximum Gasteiger partial charge on any atom is 0.307 e. The molecule has 1 amide bonds. The Morgan fingerprint density at radius 3 is 2.25 bits per heavy atom. The van der Waals surface area contributed by atoms with Gasteiger partial charge in [-0.05, 0) is 86.3 Å². The summed E-state index contributed by atoms with van der Waals surface area (Å²) in [5.41, 5.74) is 3.65. The molecule has 28 heavy (non-hydrogen) atoms. The molecule has 1 N–H and O–H groups in total. The summed E-state index contributed by atoms with van der Waals surface area (Å²) in [6.45, 7) is 2.34. The summed E-state index contributed by atoms with van der Waals surface area (Å²) in [4.78, 5) is 24.1. The number of nitrogens with zero attached hydrogens (tertiary/aromatic N) is 1. The quantitative estimate of drug-likeness (QED) is 0.795. The molecular weight excluding hydrogens is 368 g/mol. The van der Waals surface area contributed by atoms with Crippen molar-refractivity contribution in [3.05, 3.63) is 50.6 Å². The van der Waals surface area contributed by atoms with Crippen molar-refractivity contribution in [3.8, 4) is 0 Å². The number of thiazole rings is 1. The third-order valence-corrected chi connectivity index (χ3v) is 8.24. The monoisotopic (exact) mass is 396 g/mol. The molecule has 0 aliphatic heterocycles. The molecule has 5 heteroatoms. The minimum Gasteiger partial charge on any atom is -0.326 e. The summed E-state index contributed by atoms with van der Waals surface area (Å²) < 4.78 is 1.67. The molecule has 0 spiro atoms. The predicted molar refractivity (Wildman–Crippen MR) is 113 cm³/mol. The lowest BCUT2D eigenvalue weighted by molar-refractivity contribution is -0.116. The summed E-state index contributed by atoms with van der Waals surface area (Å²) in [7, 11) is 0. The Hall–Kier alpha value is -1.88. The van der Waals surface area contributed by atoms with E-state index in [1.165, 1.54) is 55.4 Å². The van der Waals surface area contributed by atoms with Gasteiger partial charge in [-0.25, -0.2) is 0 Å². The van der Waals surface area contributed by atoms with Crippen LogP contribution in [0.3, 0.4) is 0 Å². The second-order valence-corrected chi connectivity index (χ2v) is 10.2. The molecule has 2 aromatic rings. The van der Waals surface area contributed by atoms with Gasteiger partial charge in [0, 0.05) is 29.7 Å². The Morgan fingerprint density at radius 2 is 1.71 bits per heavy atom. The van der Waals surface area contributed by atoms with Crippen molar-refractivity contribution in [2.45, 2.75) is 63.8 Å². The third-order valence-electron chi connectivity index (χ3n) is 7.36. The van der Waals surface area contributed by atoms with Crippen molar-refractivity contribution in [2.24, 2.45) is 17.8 Å². The maximum atomic E-state index is 12.3. The number of aromatic nitrogens is 1. The van der Waals surface area contributed by atoms with Crippen molar-refractivity contribution in [2.75, 3.05) is 5.32 Å². The highest BCUT2D eigenvalue weighted by atomic mass is 32.1. The fourth-order valence-electron chi connectivity index (χ4n) is 6.48. The molecule has 0 saturated heterocycles. The summed E-state index contributed by atoms with van der Waals surface area (Å²) in [6.07, 6.45) is 8.77. The van der Waals surface area contributed by atoms with Crippen LogP contribution in [0.1, 0.15) is 56.2 Å². The van der Waals surface area contributed by atoms with Crippen molar-refractivity contribution < 1.29 is 4.79 Å². The van der Waals surface area contributed by atoms with E-state index in [1.54, 1.807) is 4.57 Å². The van der Waals surface area contributed by atoms with Crippen LogP contribution < -0.4 is 10.2 Å². The third kappa shape index (κ3) is 3.24. The van der Waals surface area contributed by atoms with Crippen LogP contribution in [0.5, 0.6) is 0 Å². The van der Waals surface area contributed by atoms with E-state index in [2.05, 4.69) is 29.6 Å². The minimum absolute atomic E-state index is 0.00484. The molecule has 1 aromatic heterocycles. The molecule has 4 aliphatic rings. The van der Waals surface area contributed by atoms with Crippen molar-refractivity contribution in [1.29, 1.82) is 0 Å². The molecule has 4 bridgehead atoms. The van der Waals surface area contributed by atoms with Gasteiger partial charge >= 0.3 is 4.87 Å². The van der Waals surface area contributed by atoms with Crippen LogP contribution in [-0.2, 0) is 16.8 Å². The zero-order chi connectivity index (χ0) is 19.3. The molecule has 1 heterocycles. The van der Waals surface area contributed by atoms with Crippen LogP contribution in [-0.4, -0.2) is 10.5 Å². The number of carbonyl (C=O) groups is 1. The van der Waals surface area contributed by atoms with E-state index in [-0.39, 0.29) is 10.8 Å². The summed E-state index contributed by atoms with van der Waals surface area (Å²) >= 11 is 1.19. The second kappa shape index (κ2) is 6.87. The first kappa shape index (κ1) is 18.2. The van der Waals surface area contributed by atoms with E-state index in [1.807, 2.05) is 12.3 Å². The lowest BCUT2D eigenvalue weighted by atomic mass is 9.48. The molecule has 4 saturated carbocycles. The van der Waals surface area contributed by atoms with Gasteiger partial charge in [0.25, 0.3) is 0 Å². The van der Waals surface area contributed by atoms with Gasteiger partial charge in [0.05, 0.1) is 0 Å². The number of benzene rings is 1. The Kier molecular flexibility index (Phi) is 4.46. The number of anilines is 1. The fraction of sp³-hybridized carbons (Fsp3) is 0.565. The number of amides is 1. The number of hydrogen-bond donors (Lipinski definition) is 1. The highest BCUT2D eigenvalue weighted by Crippen LogP contribution is 2.60. The van der Waals surface area contributed by atoms with E-state index in [0.717, 1.165) is 29.1 Å². The minimum atomic E-state index is -0.0416. The predicted octanol–water partition coefficient (Wildman–Crippen LogP) is 4.71. The van der Waals surface area contributed by atoms with Crippen LogP contribution in [0.4, 0.5) is 5.69 Å². The van der Waals surface area contributed by atoms with E-state index < -0.39 is 0 Å². The van der Waals surface area contributed by atoms with Crippen molar-refractivity contribution in [1.82, 2.24) is 4.57 Å². The van der Waals surface area contributed by atoms with Crippen LogP contribution >= 0.6 is 11.3 Å². The lowest BCUT2D eigenvalue weighted by Gasteiger charge is -2.57. The molecule has 0 atom stereocenters. The van der Waals surface area contributed by atoms with Gasteiger partial charge in [-0.15, -0.1) is 0 Å². The highest BCUT2D eigenvalue weighted by molar-refractivity contribution is 7.07. The Morgan fingerprint density at radius 1 is 1.11 bits per heavy atom. The normalized spacial score (nSPS) is 30.5. The zero-order valence-corrected chi connectivity index (χ0v) is 17.3. The van der Waals surface area contributed by atoms with Gasteiger partial charge in [0.15, 0.2) is 0 Å². The van der Waals surface area contributed by atoms with Crippen LogP contribution in [0, 0.1) is 24.7 Å². The van der Waals surface area contributed by atoms with Crippen molar-refractivity contribution >= 4 is 22.9 Å². The first-order chi connectivity index (χ1) is 13.5. The number of carbonyl (C=O) groups excluding carboxylic acids is 1. The first-order valence-electron chi connectivity index (χ1n) is 10.6. The zero-order valence-electron chi connectivity index (χ0n) is 16.4. The second-order valence-electron chi connectivity index (χ2n) is 9.37. The summed E-state index contributed by atoms with van der Waals surface area (Å²) in [5, 5.41) is 4.83. The van der Waals surface area contributed by atoms with E-state index in [9.17, 15) is 9.59 Å².